The average Bonchev–Trinajstić information content (AvgIpc) is 2.02. The second-order valence-electron chi connectivity index (χ2n) is 4.68. The number of ketones is 1. The molecular weight excluding hydrogens is 160 g/mol. The van der Waals surface area contributed by atoms with Crippen LogP contribution < -0.4 is 0 Å². The highest BCUT2D eigenvalue weighted by molar-refractivity contribution is 5.95. The Bertz CT molecular complexity index is 311. The van der Waals surface area contributed by atoms with Crippen LogP contribution in [0.1, 0.15) is 33.1 Å². The van der Waals surface area contributed by atoms with Crippen LogP contribution in [0.5, 0.6) is 0 Å². The third-order valence-corrected chi connectivity index (χ3v) is 3.55. The molecule has 0 aromatic heterocycles. The van der Waals surface area contributed by atoms with Gasteiger partial charge in [0.2, 0.25) is 0 Å². The monoisotopic (exact) mass is 176 g/mol. The van der Waals surface area contributed by atoms with Gasteiger partial charge in [-0.15, -0.1) is 0 Å². The molecule has 0 aromatic carbocycles. The zero-order valence-corrected chi connectivity index (χ0v) is 8.39. The van der Waals surface area contributed by atoms with Gasteiger partial charge in [0.15, 0.2) is 5.78 Å². The molecule has 0 heterocycles. The number of hydrogen-bond acceptors (Lipinski definition) is 1. The summed E-state index contributed by atoms with van der Waals surface area (Å²) in [5.41, 5.74) is 2.48. The zero-order chi connectivity index (χ0) is 9.64. The summed E-state index contributed by atoms with van der Waals surface area (Å²) < 4.78 is 0. The summed E-state index contributed by atoms with van der Waals surface area (Å²) >= 11 is 0. The number of carbonyl (C=O) groups excluding carboxylic acids is 1. The predicted octanol–water partition coefficient (Wildman–Crippen LogP) is 2.88. The second kappa shape index (κ2) is 2.57. The molecule has 1 saturated carbocycles. The molecule has 2 bridgehead atoms. The van der Waals surface area contributed by atoms with Crippen LogP contribution in [-0.2, 0) is 4.79 Å². The number of allylic oxidation sites excluding steroid dienone is 3. The lowest BCUT2D eigenvalue weighted by molar-refractivity contribution is -0.115. The van der Waals surface area contributed by atoms with Crippen LogP contribution in [0, 0.1) is 11.3 Å². The molecule has 2 atom stereocenters. The SMILES string of the molecule is C=C1CC2(C)CCC1C=C2C(C)=O. The summed E-state index contributed by atoms with van der Waals surface area (Å²) in [5, 5.41) is 0. The molecular formula is C12H16O. The number of carbonyl (C=O) groups is 1. The standard InChI is InChI=1S/C12H16O/c1-8-7-12(3)5-4-10(8)6-11(12)9(2)13/h6,10H,1,4-5,7H2,2-3H3. The Kier molecular flexibility index (Phi) is 1.73. The topological polar surface area (TPSA) is 17.1 Å². The fourth-order valence-electron chi connectivity index (χ4n) is 2.77. The first-order chi connectivity index (χ1) is 6.03. The van der Waals surface area contributed by atoms with Crippen molar-refractivity contribution < 1.29 is 4.79 Å². The fourth-order valence-corrected chi connectivity index (χ4v) is 2.77. The summed E-state index contributed by atoms with van der Waals surface area (Å²) in [6, 6.07) is 0. The van der Waals surface area contributed by atoms with Gasteiger partial charge < -0.3 is 0 Å². The van der Waals surface area contributed by atoms with E-state index in [1.807, 2.05) is 0 Å². The van der Waals surface area contributed by atoms with Crippen molar-refractivity contribution in [1.82, 2.24) is 0 Å². The Morgan fingerprint density at radius 1 is 1.69 bits per heavy atom. The molecule has 1 heteroatoms. The maximum Gasteiger partial charge on any atom is 0.156 e. The lowest BCUT2D eigenvalue weighted by Gasteiger charge is -2.44. The zero-order valence-electron chi connectivity index (χ0n) is 8.39. The van der Waals surface area contributed by atoms with Crippen molar-refractivity contribution in [3.63, 3.8) is 0 Å². The quantitative estimate of drug-likeness (QED) is 0.561. The molecule has 0 radical (unpaired) electrons. The van der Waals surface area contributed by atoms with E-state index in [0.717, 1.165) is 18.4 Å². The maximum absolute atomic E-state index is 11.4. The molecule has 13 heavy (non-hydrogen) atoms. The van der Waals surface area contributed by atoms with E-state index < -0.39 is 0 Å². The molecule has 2 unspecified atom stereocenters. The van der Waals surface area contributed by atoms with Gasteiger partial charge in [-0.25, -0.2) is 0 Å². The Hall–Kier alpha value is -0.850. The van der Waals surface area contributed by atoms with E-state index in [1.54, 1.807) is 6.92 Å². The van der Waals surface area contributed by atoms with Crippen LogP contribution in [0.3, 0.4) is 0 Å². The van der Waals surface area contributed by atoms with Crippen molar-refractivity contribution in [3.8, 4) is 0 Å². The number of fused-ring (bicyclic) bond motifs is 2. The fraction of sp³-hybridized carbons (Fsp3) is 0.583. The van der Waals surface area contributed by atoms with Crippen molar-refractivity contribution in [3.05, 3.63) is 23.8 Å². The van der Waals surface area contributed by atoms with Gasteiger partial charge >= 0.3 is 0 Å². The smallest absolute Gasteiger partial charge is 0.156 e. The molecule has 0 N–H and O–H groups in total. The summed E-state index contributed by atoms with van der Waals surface area (Å²) in [6.45, 7) is 7.96. The molecule has 1 nitrogen and oxygen atoms in total. The third-order valence-electron chi connectivity index (χ3n) is 3.55. The van der Waals surface area contributed by atoms with Crippen LogP contribution in [0.25, 0.3) is 0 Å². The van der Waals surface area contributed by atoms with Gasteiger partial charge in [-0.1, -0.05) is 25.2 Å². The van der Waals surface area contributed by atoms with Crippen LogP contribution >= 0.6 is 0 Å². The van der Waals surface area contributed by atoms with Gasteiger partial charge in [-0.3, -0.25) is 4.79 Å². The van der Waals surface area contributed by atoms with Crippen LogP contribution in [0.15, 0.2) is 23.8 Å². The summed E-state index contributed by atoms with van der Waals surface area (Å²) in [6.07, 6.45) is 5.51. The molecule has 0 saturated heterocycles. The highest BCUT2D eigenvalue weighted by atomic mass is 16.1. The predicted molar refractivity (Wildman–Crippen MR) is 53.4 cm³/mol. The third kappa shape index (κ3) is 1.18. The van der Waals surface area contributed by atoms with E-state index in [1.165, 1.54) is 12.0 Å². The van der Waals surface area contributed by atoms with E-state index >= 15 is 0 Å². The van der Waals surface area contributed by atoms with Gasteiger partial charge in [0, 0.05) is 0 Å². The molecule has 70 valence electrons. The minimum absolute atomic E-state index is 0.109. The Labute approximate surface area is 79.5 Å². The average molecular weight is 176 g/mol. The van der Waals surface area contributed by atoms with Crippen LogP contribution in [-0.4, -0.2) is 5.78 Å². The highest BCUT2D eigenvalue weighted by Gasteiger charge is 2.41. The highest BCUT2D eigenvalue weighted by Crippen LogP contribution is 2.51. The van der Waals surface area contributed by atoms with E-state index in [2.05, 4.69) is 19.6 Å². The van der Waals surface area contributed by atoms with Crippen molar-refractivity contribution in [2.45, 2.75) is 33.1 Å². The number of hydrogen-bond donors (Lipinski definition) is 0. The van der Waals surface area contributed by atoms with E-state index in [9.17, 15) is 4.79 Å². The summed E-state index contributed by atoms with van der Waals surface area (Å²) in [5.74, 6) is 0.737. The summed E-state index contributed by atoms with van der Waals surface area (Å²) in [4.78, 5) is 11.4. The number of Topliss-reactive ketones (excluding diaryl/α,β-unsaturated/α-hetero) is 1. The molecule has 3 rings (SSSR count). The Morgan fingerprint density at radius 2 is 2.38 bits per heavy atom. The van der Waals surface area contributed by atoms with Crippen molar-refractivity contribution >= 4 is 5.78 Å². The van der Waals surface area contributed by atoms with E-state index in [0.29, 0.717) is 5.92 Å². The van der Waals surface area contributed by atoms with Crippen molar-refractivity contribution in [2.24, 2.45) is 11.3 Å². The minimum Gasteiger partial charge on any atom is -0.295 e. The van der Waals surface area contributed by atoms with E-state index in [-0.39, 0.29) is 11.2 Å². The van der Waals surface area contributed by atoms with Crippen molar-refractivity contribution in [2.75, 3.05) is 0 Å². The maximum atomic E-state index is 11.4. The second-order valence-corrected chi connectivity index (χ2v) is 4.68. The largest absolute Gasteiger partial charge is 0.295 e. The number of rotatable bonds is 1. The normalized spacial score (nSPS) is 37.5. The first kappa shape index (κ1) is 8.74. The van der Waals surface area contributed by atoms with Gasteiger partial charge in [-0.2, -0.15) is 0 Å². The van der Waals surface area contributed by atoms with Gasteiger partial charge in [-0.05, 0) is 43.1 Å². The lowest BCUT2D eigenvalue weighted by atomic mass is 9.59. The molecule has 3 aliphatic carbocycles. The first-order valence-corrected chi connectivity index (χ1v) is 4.94. The minimum atomic E-state index is 0.109. The molecule has 0 spiro atoms. The molecule has 0 aromatic rings. The molecule has 0 aliphatic heterocycles. The first-order valence-electron chi connectivity index (χ1n) is 4.94. The van der Waals surface area contributed by atoms with Gasteiger partial charge in [0.05, 0.1) is 0 Å². The molecule has 0 amide bonds. The van der Waals surface area contributed by atoms with Crippen molar-refractivity contribution in [1.29, 1.82) is 0 Å². The Morgan fingerprint density at radius 3 is 2.85 bits per heavy atom. The molecule has 1 fully saturated rings. The van der Waals surface area contributed by atoms with Crippen LogP contribution in [0.2, 0.25) is 0 Å². The summed E-state index contributed by atoms with van der Waals surface area (Å²) in [7, 11) is 0. The lowest BCUT2D eigenvalue weighted by Crippen LogP contribution is -2.35. The van der Waals surface area contributed by atoms with Crippen LogP contribution in [0.4, 0.5) is 0 Å². The Balaban J connectivity index is 2.45. The van der Waals surface area contributed by atoms with Gasteiger partial charge in [0.1, 0.15) is 0 Å². The van der Waals surface area contributed by atoms with E-state index in [4.69, 9.17) is 0 Å². The van der Waals surface area contributed by atoms with Gasteiger partial charge in [0.25, 0.3) is 0 Å². The molecule has 3 aliphatic rings.